The third-order valence-electron chi connectivity index (χ3n) is 5.86. The summed E-state index contributed by atoms with van der Waals surface area (Å²) in [5.74, 6) is 0. The summed E-state index contributed by atoms with van der Waals surface area (Å²) in [5, 5.41) is 14.5. The molecule has 9 heteroatoms. The van der Waals surface area contributed by atoms with Gasteiger partial charge in [0.1, 0.15) is 0 Å². The first-order chi connectivity index (χ1) is 14.9. The van der Waals surface area contributed by atoms with Gasteiger partial charge in [0.05, 0.1) is 44.6 Å². The number of aromatic nitrogens is 3. The topological polar surface area (TPSA) is 97.1 Å². The molecule has 0 amide bonds. The van der Waals surface area contributed by atoms with E-state index in [-0.39, 0.29) is 12.1 Å². The highest BCUT2D eigenvalue weighted by Gasteiger charge is 2.23. The minimum Gasteiger partial charge on any atom is -0.391 e. The number of aliphatic hydroxyl groups is 1. The van der Waals surface area contributed by atoms with Crippen LogP contribution in [0.3, 0.4) is 0 Å². The molecule has 162 valence electrons. The Kier molecular flexibility index (Phi) is 5.19. The Morgan fingerprint density at radius 2 is 1.97 bits per heavy atom. The predicted molar refractivity (Wildman–Crippen MR) is 123 cm³/mol. The van der Waals surface area contributed by atoms with Crippen molar-refractivity contribution in [3.05, 3.63) is 48.3 Å². The molecule has 1 aliphatic rings. The number of hydrogen-bond donors (Lipinski definition) is 2. The minimum atomic E-state index is -3.28. The number of sulfone groups is 1. The number of hydrogen-bond acceptors (Lipinski definition) is 7. The van der Waals surface area contributed by atoms with Gasteiger partial charge in [0, 0.05) is 12.8 Å². The Morgan fingerprint density at radius 3 is 2.77 bits per heavy atom. The van der Waals surface area contributed by atoms with Crippen molar-refractivity contribution in [3.63, 3.8) is 0 Å². The predicted octanol–water partition coefficient (Wildman–Crippen LogP) is 3.81. The normalized spacial score (nSPS) is 19.8. The fourth-order valence-corrected chi connectivity index (χ4v) is 5.79. The molecule has 2 aromatic heterocycles. The van der Waals surface area contributed by atoms with E-state index < -0.39 is 9.84 Å². The van der Waals surface area contributed by atoms with Gasteiger partial charge in [-0.3, -0.25) is 0 Å². The summed E-state index contributed by atoms with van der Waals surface area (Å²) in [7, 11) is -3.28. The molecule has 0 saturated heterocycles. The highest BCUT2D eigenvalue weighted by Crippen LogP contribution is 2.30. The summed E-state index contributed by atoms with van der Waals surface area (Å²) in [6.07, 6.45) is 6.65. The van der Waals surface area contributed by atoms with Crippen molar-refractivity contribution in [2.45, 2.75) is 49.3 Å². The van der Waals surface area contributed by atoms with Gasteiger partial charge in [-0.15, -0.1) is 0 Å². The third-order valence-corrected chi connectivity index (χ3v) is 7.92. The molecule has 0 spiro atoms. The zero-order chi connectivity index (χ0) is 21.6. The quantitative estimate of drug-likeness (QED) is 0.474. The number of imidazole rings is 1. The highest BCUT2D eigenvalue weighted by molar-refractivity contribution is 7.90. The van der Waals surface area contributed by atoms with E-state index in [1.54, 1.807) is 35.9 Å². The summed E-state index contributed by atoms with van der Waals surface area (Å²) >= 11 is 1.59. The first-order valence-corrected chi connectivity index (χ1v) is 13.1. The van der Waals surface area contributed by atoms with Gasteiger partial charge >= 0.3 is 0 Å². The zero-order valence-electron chi connectivity index (χ0n) is 17.2. The second kappa shape index (κ2) is 7.89. The van der Waals surface area contributed by atoms with Gasteiger partial charge in [-0.1, -0.05) is 30.2 Å². The van der Waals surface area contributed by atoms with Crippen LogP contribution in [0, 0.1) is 0 Å². The number of nitrogens with zero attached hydrogens (tertiary/aromatic N) is 3. The van der Waals surface area contributed by atoms with Crippen molar-refractivity contribution in [1.29, 1.82) is 0 Å². The largest absolute Gasteiger partial charge is 0.391 e. The Balaban J connectivity index is 1.41. The summed E-state index contributed by atoms with van der Waals surface area (Å²) in [6, 6.07) is 11.2. The van der Waals surface area contributed by atoms with Crippen LogP contribution in [0.1, 0.15) is 31.2 Å². The lowest BCUT2D eigenvalue weighted by Crippen LogP contribution is -2.36. The number of rotatable bonds is 5. The number of anilines is 1. The second-order valence-corrected chi connectivity index (χ2v) is 11.3. The molecule has 2 heterocycles. The Morgan fingerprint density at radius 1 is 1.16 bits per heavy atom. The van der Waals surface area contributed by atoms with Crippen molar-refractivity contribution in [2.75, 3.05) is 11.6 Å². The van der Waals surface area contributed by atoms with Crippen molar-refractivity contribution in [3.8, 4) is 0 Å². The Hall–Kier alpha value is -2.49. The molecule has 1 fully saturated rings. The number of thiazole rings is 1. The van der Waals surface area contributed by atoms with Crippen molar-refractivity contribution in [2.24, 2.45) is 0 Å². The van der Waals surface area contributed by atoms with Crippen molar-refractivity contribution in [1.82, 2.24) is 14.5 Å². The highest BCUT2D eigenvalue weighted by atomic mass is 32.2. The van der Waals surface area contributed by atoms with E-state index in [2.05, 4.69) is 21.4 Å². The van der Waals surface area contributed by atoms with Gasteiger partial charge < -0.3 is 15.0 Å². The van der Waals surface area contributed by atoms with E-state index in [4.69, 9.17) is 0 Å². The molecular weight excluding hydrogens is 432 g/mol. The van der Waals surface area contributed by atoms with Crippen LogP contribution in [0.4, 0.5) is 5.13 Å². The maximum absolute atomic E-state index is 11.9. The first kappa shape index (κ1) is 20.4. The van der Waals surface area contributed by atoms with Crippen LogP contribution in [-0.2, 0) is 16.4 Å². The number of benzene rings is 2. The third kappa shape index (κ3) is 4.17. The molecule has 0 bridgehead atoms. The molecule has 7 nitrogen and oxygen atoms in total. The number of aliphatic hydroxyl groups excluding tert-OH is 1. The number of fused-ring (bicyclic) bond motifs is 2. The number of nitrogens with one attached hydrogen (secondary N) is 1. The molecule has 2 N–H and O–H groups in total. The molecular formula is C22H24N4O3S2. The van der Waals surface area contributed by atoms with Crippen LogP contribution >= 0.6 is 11.3 Å². The lowest BCUT2D eigenvalue weighted by molar-refractivity contribution is 0.116. The van der Waals surface area contributed by atoms with E-state index in [1.807, 2.05) is 16.7 Å². The van der Waals surface area contributed by atoms with E-state index >= 15 is 0 Å². The average Bonchev–Trinajstić information content (AvgIpc) is 3.32. The van der Waals surface area contributed by atoms with Crippen molar-refractivity contribution >= 4 is 47.6 Å². The molecule has 2 atom stereocenters. The fraction of sp³-hybridized carbons (Fsp3) is 0.364. The fourth-order valence-electron chi connectivity index (χ4n) is 4.16. The van der Waals surface area contributed by atoms with Gasteiger partial charge in [-0.25, -0.2) is 18.4 Å². The zero-order valence-corrected chi connectivity index (χ0v) is 18.8. The van der Waals surface area contributed by atoms with Crippen LogP contribution in [0.2, 0.25) is 0 Å². The van der Waals surface area contributed by atoms with E-state index in [0.29, 0.717) is 11.4 Å². The monoisotopic (exact) mass is 456 g/mol. The Bertz CT molecular complexity index is 1360. The standard InChI is InChI=1S/C22H24N4O3S2/c1-31(28,29)15-7-9-16-19(11-15)26(13-23-16)12-14-6-8-18-21(10-14)30-22(25-18)24-17-4-2-3-5-20(17)27/h6-11,13,17,20,27H,2-5,12H2,1H3,(H,24,25)/t17-,20-/m1/s1. The molecule has 5 rings (SSSR count). The molecule has 1 aliphatic carbocycles. The van der Waals surface area contributed by atoms with Gasteiger partial charge in [0.15, 0.2) is 15.0 Å². The summed E-state index contributed by atoms with van der Waals surface area (Å²) in [6.45, 7) is 0.585. The summed E-state index contributed by atoms with van der Waals surface area (Å²) < 4.78 is 26.9. The molecule has 2 aromatic carbocycles. The smallest absolute Gasteiger partial charge is 0.184 e. The van der Waals surface area contributed by atoms with Gasteiger partial charge in [-0.2, -0.15) is 0 Å². The molecule has 0 aliphatic heterocycles. The van der Waals surface area contributed by atoms with Gasteiger partial charge in [-0.05, 0) is 48.7 Å². The Labute approximate surface area is 184 Å². The lowest BCUT2D eigenvalue weighted by atomic mass is 9.93. The maximum atomic E-state index is 11.9. The molecule has 4 aromatic rings. The van der Waals surface area contributed by atoms with Crippen LogP contribution in [0.25, 0.3) is 21.3 Å². The van der Waals surface area contributed by atoms with Crippen LogP contribution in [0.15, 0.2) is 47.6 Å². The van der Waals surface area contributed by atoms with Gasteiger partial charge in [0.25, 0.3) is 0 Å². The lowest BCUT2D eigenvalue weighted by Gasteiger charge is -2.27. The van der Waals surface area contributed by atoms with Crippen LogP contribution in [0.5, 0.6) is 0 Å². The van der Waals surface area contributed by atoms with E-state index in [1.165, 1.54) is 6.26 Å². The summed E-state index contributed by atoms with van der Waals surface area (Å²) in [5.41, 5.74) is 3.57. The minimum absolute atomic E-state index is 0.0649. The second-order valence-electron chi connectivity index (χ2n) is 8.22. The van der Waals surface area contributed by atoms with Gasteiger partial charge in [0.2, 0.25) is 0 Å². The molecule has 31 heavy (non-hydrogen) atoms. The van der Waals surface area contributed by atoms with Crippen LogP contribution in [-0.4, -0.2) is 46.5 Å². The molecule has 0 unspecified atom stereocenters. The van der Waals surface area contributed by atoms with Crippen LogP contribution < -0.4 is 5.32 Å². The van der Waals surface area contributed by atoms with E-state index in [0.717, 1.165) is 57.6 Å². The molecule has 0 radical (unpaired) electrons. The first-order valence-electron chi connectivity index (χ1n) is 10.4. The SMILES string of the molecule is CS(=O)(=O)c1ccc2ncn(Cc3ccc4nc(N[C@@H]5CCCC[C@H]5O)sc4c3)c2c1. The van der Waals surface area contributed by atoms with E-state index in [9.17, 15) is 13.5 Å². The maximum Gasteiger partial charge on any atom is 0.184 e. The average molecular weight is 457 g/mol. The summed E-state index contributed by atoms with van der Waals surface area (Å²) in [4.78, 5) is 9.37. The van der Waals surface area contributed by atoms with Crippen molar-refractivity contribution < 1.29 is 13.5 Å². The molecule has 1 saturated carbocycles.